The van der Waals surface area contributed by atoms with Gasteiger partial charge in [-0.25, -0.2) is 0 Å². The Morgan fingerprint density at radius 3 is 2.86 bits per heavy atom. The van der Waals surface area contributed by atoms with Crippen LogP contribution in [0.2, 0.25) is 0 Å². The third-order valence-corrected chi connectivity index (χ3v) is 3.47. The summed E-state index contributed by atoms with van der Waals surface area (Å²) in [6.07, 6.45) is 2.45. The highest BCUT2D eigenvalue weighted by Crippen LogP contribution is 2.34. The van der Waals surface area contributed by atoms with Crippen molar-refractivity contribution in [3.8, 4) is 17.1 Å². The van der Waals surface area contributed by atoms with E-state index in [2.05, 4.69) is 5.32 Å². The van der Waals surface area contributed by atoms with Crippen LogP contribution in [-0.4, -0.2) is 18.1 Å². The molecule has 21 heavy (non-hydrogen) atoms. The number of methoxy groups -OCH3 is 1. The van der Waals surface area contributed by atoms with Crippen LogP contribution in [0.25, 0.3) is 11.3 Å². The molecule has 0 radical (unpaired) electrons. The fourth-order valence-corrected chi connectivity index (χ4v) is 2.15. The van der Waals surface area contributed by atoms with Gasteiger partial charge in [0.1, 0.15) is 17.3 Å². The van der Waals surface area contributed by atoms with Gasteiger partial charge < -0.3 is 14.5 Å². The van der Waals surface area contributed by atoms with Crippen LogP contribution in [0, 0.1) is 10.1 Å². The summed E-state index contributed by atoms with van der Waals surface area (Å²) in [5, 5.41) is 14.2. The highest BCUT2D eigenvalue weighted by atomic mass is 16.6. The van der Waals surface area contributed by atoms with Crippen LogP contribution in [-0.2, 0) is 6.54 Å². The van der Waals surface area contributed by atoms with Gasteiger partial charge in [0.25, 0.3) is 5.69 Å². The summed E-state index contributed by atoms with van der Waals surface area (Å²) in [5.41, 5.74) is 0.707. The number of nitrogens with one attached hydrogen (secondary N) is 1. The lowest BCUT2D eigenvalue weighted by Gasteiger charge is -2.06. The Balaban J connectivity index is 1.83. The zero-order valence-electron chi connectivity index (χ0n) is 11.7. The molecule has 6 heteroatoms. The lowest BCUT2D eigenvalue weighted by Crippen LogP contribution is -2.14. The minimum absolute atomic E-state index is 0.00206. The third-order valence-electron chi connectivity index (χ3n) is 3.47. The lowest BCUT2D eigenvalue weighted by atomic mass is 10.1. The summed E-state index contributed by atoms with van der Waals surface area (Å²) in [6, 6.07) is 8.88. The first-order chi connectivity index (χ1) is 10.2. The number of nitrogens with zero attached hydrogens (tertiary/aromatic N) is 1. The number of hydrogen-bond acceptors (Lipinski definition) is 5. The maximum absolute atomic E-state index is 10.8. The second-order valence-electron chi connectivity index (χ2n) is 5.06. The molecule has 2 aromatic rings. The number of nitro benzene ring substituents is 1. The SMILES string of the molecule is COc1cc([N+](=O)[O-])ccc1-c1ccc(CNC2CC2)o1. The van der Waals surface area contributed by atoms with Crippen molar-refractivity contribution in [3.05, 3.63) is 46.2 Å². The van der Waals surface area contributed by atoms with Gasteiger partial charge >= 0.3 is 0 Å². The van der Waals surface area contributed by atoms with Crippen LogP contribution < -0.4 is 10.1 Å². The molecule has 1 aromatic carbocycles. The molecule has 1 aliphatic rings. The molecular formula is C15H16N2O4. The van der Waals surface area contributed by atoms with E-state index in [-0.39, 0.29) is 5.69 Å². The summed E-state index contributed by atoms with van der Waals surface area (Å²) in [6.45, 7) is 0.694. The van der Waals surface area contributed by atoms with Gasteiger partial charge in [-0.05, 0) is 31.0 Å². The number of nitro groups is 1. The zero-order chi connectivity index (χ0) is 14.8. The monoisotopic (exact) mass is 288 g/mol. The van der Waals surface area contributed by atoms with Gasteiger partial charge in [0.2, 0.25) is 0 Å². The van der Waals surface area contributed by atoms with Crippen molar-refractivity contribution >= 4 is 5.69 Å². The fraction of sp³-hybridized carbons (Fsp3) is 0.333. The maximum Gasteiger partial charge on any atom is 0.273 e. The first kappa shape index (κ1) is 13.6. The molecule has 1 heterocycles. The first-order valence-corrected chi connectivity index (χ1v) is 6.82. The topological polar surface area (TPSA) is 77.5 Å². The van der Waals surface area contributed by atoms with E-state index >= 15 is 0 Å². The average Bonchev–Trinajstić information content (AvgIpc) is 3.21. The van der Waals surface area contributed by atoms with E-state index in [4.69, 9.17) is 9.15 Å². The number of furan rings is 1. The van der Waals surface area contributed by atoms with E-state index in [1.54, 1.807) is 6.07 Å². The molecule has 0 bridgehead atoms. The summed E-state index contributed by atoms with van der Waals surface area (Å²) in [4.78, 5) is 10.3. The van der Waals surface area contributed by atoms with E-state index in [0.29, 0.717) is 29.7 Å². The zero-order valence-corrected chi connectivity index (χ0v) is 11.7. The molecule has 0 atom stereocenters. The number of hydrogen-bond donors (Lipinski definition) is 1. The molecule has 3 rings (SSSR count). The minimum Gasteiger partial charge on any atom is -0.496 e. The molecular weight excluding hydrogens is 272 g/mol. The van der Waals surface area contributed by atoms with E-state index in [1.807, 2.05) is 12.1 Å². The Labute approximate surface area is 121 Å². The normalized spacial score (nSPS) is 14.1. The molecule has 1 saturated carbocycles. The van der Waals surface area contributed by atoms with E-state index < -0.39 is 4.92 Å². The summed E-state index contributed by atoms with van der Waals surface area (Å²) >= 11 is 0. The highest BCUT2D eigenvalue weighted by molar-refractivity contribution is 5.68. The number of ether oxygens (including phenoxy) is 1. The second-order valence-corrected chi connectivity index (χ2v) is 5.06. The van der Waals surface area contributed by atoms with Gasteiger partial charge in [0.15, 0.2) is 0 Å². The van der Waals surface area contributed by atoms with Gasteiger partial charge in [-0.1, -0.05) is 0 Å². The smallest absolute Gasteiger partial charge is 0.273 e. The fourth-order valence-electron chi connectivity index (χ4n) is 2.15. The van der Waals surface area contributed by atoms with Crippen molar-refractivity contribution in [3.63, 3.8) is 0 Å². The van der Waals surface area contributed by atoms with Crippen LogP contribution in [0.5, 0.6) is 5.75 Å². The van der Waals surface area contributed by atoms with Crippen molar-refractivity contribution in [2.24, 2.45) is 0 Å². The molecule has 0 aliphatic heterocycles. The second kappa shape index (κ2) is 5.57. The molecule has 110 valence electrons. The van der Waals surface area contributed by atoms with Gasteiger partial charge in [-0.2, -0.15) is 0 Å². The van der Waals surface area contributed by atoms with Crippen LogP contribution in [0.1, 0.15) is 18.6 Å². The van der Waals surface area contributed by atoms with Crippen molar-refractivity contribution < 1.29 is 14.1 Å². The summed E-state index contributed by atoms with van der Waals surface area (Å²) in [7, 11) is 1.49. The van der Waals surface area contributed by atoms with E-state index in [0.717, 1.165) is 5.76 Å². The van der Waals surface area contributed by atoms with E-state index in [9.17, 15) is 10.1 Å². The van der Waals surface area contributed by atoms with Crippen LogP contribution >= 0.6 is 0 Å². The molecule has 0 amide bonds. The first-order valence-electron chi connectivity index (χ1n) is 6.82. The summed E-state index contributed by atoms with van der Waals surface area (Å²) < 4.78 is 11.0. The van der Waals surface area contributed by atoms with Gasteiger partial charge in [0, 0.05) is 12.1 Å². The Morgan fingerprint density at radius 2 is 2.19 bits per heavy atom. The molecule has 0 unspecified atom stereocenters. The molecule has 1 fully saturated rings. The predicted octanol–water partition coefficient (Wildman–Crippen LogP) is 3.12. The van der Waals surface area contributed by atoms with Gasteiger partial charge in [-0.15, -0.1) is 0 Å². The summed E-state index contributed by atoms with van der Waals surface area (Å²) in [5.74, 6) is 1.92. The Bertz CT molecular complexity index is 661. The predicted molar refractivity (Wildman–Crippen MR) is 77.2 cm³/mol. The molecule has 0 spiro atoms. The largest absolute Gasteiger partial charge is 0.496 e. The van der Waals surface area contributed by atoms with Crippen molar-refractivity contribution in [2.75, 3.05) is 7.11 Å². The van der Waals surface area contributed by atoms with E-state index in [1.165, 1.54) is 32.1 Å². The van der Waals surface area contributed by atoms with Crippen molar-refractivity contribution in [2.45, 2.75) is 25.4 Å². The van der Waals surface area contributed by atoms with Crippen LogP contribution in [0.4, 0.5) is 5.69 Å². The van der Waals surface area contributed by atoms with Crippen LogP contribution in [0.3, 0.4) is 0 Å². The number of non-ortho nitro benzene ring substituents is 1. The van der Waals surface area contributed by atoms with Crippen molar-refractivity contribution in [1.29, 1.82) is 0 Å². The average molecular weight is 288 g/mol. The molecule has 1 aromatic heterocycles. The van der Waals surface area contributed by atoms with Gasteiger partial charge in [-0.3, -0.25) is 10.1 Å². The maximum atomic E-state index is 10.8. The molecule has 0 saturated heterocycles. The minimum atomic E-state index is -0.445. The van der Waals surface area contributed by atoms with Crippen molar-refractivity contribution in [1.82, 2.24) is 5.32 Å². The standard InChI is InChI=1S/C15H16N2O4/c1-20-15-8-11(17(18)19)4-6-13(15)14-7-5-12(21-14)9-16-10-2-3-10/h4-8,10,16H,2-3,9H2,1H3. The van der Waals surface area contributed by atoms with Gasteiger partial charge in [0.05, 0.1) is 30.2 Å². The Kier molecular flexibility index (Phi) is 3.62. The Morgan fingerprint density at radius 1 is 1.38 bits per heavy atom. The number of rotatable bonds is 6. The lowest BCUT2D eigenvalue weighted by molar-refractivity contribution is -0.384. The molecule has 1 aliphatic carbocycles. The third kappa shape index (κ3) is 3.05. The quantitative estimate of drug-likeness (QED) is 0.652. The molecule has 6 nitrogen and oxygen atoms in total. The highest BCUT2D eigenvalue weighted by Gasteiger charge is 2.21. The Hall–Kier alpha value is -2.34. The number of benzene rings is 1. The van der Waals surface area contributed by atoms with Crippen LogP contribution in [0.15, 0.2) is 34.7 Å². The molecule has 1 N–H and O–H groups in total.